The average Bonchev–Trinajstić information content (AvgIpc) is 2.17. The molecular weight excluding hydrogens is 164 g/mol. The van der Waals surface area contributed by atoms with Gasteiger partial charge in [0.2, 0.25) is 0 Å². The summed E-state index contributed by atoms with van der Waals surface area (Å²) in [5, 5.41) is 18.8. The summed E-state index contributed by atoms with van der Waals surface area (Å²) in [6.07, 6.45) is 1.56. The molecule has 13 heavy (non-hydrogen) atoms. The molecular formula is C10H6N2O. The molecule has 3 heteroatoms. The fourth-order valence-corrected chi connectivity index (χ4v) is 1.28. The summed E-state index contributed by atoms with van der Waals surface area (Å²) in [5.74, 6) is 0.0992. The molecule has 0 saturated carbocycles. The summed E-state index contributed by atoms with van der Waals surface area (Å²) < 4.78 is 0. The van der Waals surface area contributed by atoms with Crippen LogP contribution in [0.3, 0.4) is 0 Å². The topological polar surface area (TPSA) is 56.9 Å². The first kappa shape index (κ1) is 7.56. The van der Waals surface area contributed by atoms with Crippen molar-refractivity contribution in [2.24, 2.45) is 0 Å². The Morgan fingerprint density at radius 3 is 2.92 bits per heavy atom. The number of phenols is 1. The molecule has 1 aromatic heterocycles. The quantitative estimate of drug-likeness (QED) is 0.656. The lowest BCUT2D eigenvalue weighted by Crippen LogP contribution is -1.83. The van der Waals surface area contributed by atoms with Gasteiger partial charge in [0, 0.05) is 6.20 Å². The van der Waals surface area contributed by atoms with E-state index in [1.54, 1.807) is 30.5 Å². The minimum absolute atomic E-state index is 0.0992. The number of fused-ring (bicyclic) bond motifs is 1. The molecule has 1 N–H and O–H groups in total. The monoisotopic (exact) mass is 170 g/mol. The van der Waals surface area contributed by atoms with Crippen molar-refractivity contribution in [1.29, 1.82) is 5.26 Å². The van der Waals surface area contributed by atoms with Crippen molar-refractivity contribution in [3.63, 3.8) is 0 Å². The molecule has 2 aromatic rings. The van der Waals surface area contributed by atoms with Gasteiger partial charge in [-0.3, -0.25) is 4.98 Å². The maximum Gasteiger partial charge on any atom is 0.126 e. The molecule has 0 spiro atoms. The molecule has 1 heterocycles. The van der Waals surface area contributed by atoms with Crippen molar-refractivity contribution in [2.75, 3.05) is 0 Å². The molecule has 0 aliphatic heterocycles. The Morgan fingerprint density at radius 1 is 1.31 bits per heavy atom. The van der Waals surface area contributed by atoms with E-state index >= 15 is 0 Å². The number of benzene rings is 1. The second kappa shape index (κ2) is 2.76. The van der Waals surface area contributed by atoms with Gasteiger partial charge in [-0.2, -0.15) is 5.26 Å². The third-order valence-corrected chi connectivity index (χ3v) is 1.87. The van der Waals surface area contributed by atoms with Gasteiger partial charge in [-0.1, -0.05) is 6.07 Å². The summed E-state index contributed by atoms with van der Waals surface area (Å²) in [6, 6.07) is 8.60. The first-order valence-electron chi connectivity index (χ1n) is 3.80. The van der Waals surface area contributed by atoms with Gasteiger partial charge in [-0.25, -0.2) is 0 Å². The third kappa shape index (κ3) is 1.09. The second-order valence-corrected chi connectivity index (χ2v) is 2.64. The van der Waals surface area contributed by atoms with Crippen molar-refractivity contribution < 1.29 is 5.11 Å². The number of hydrogen-bond acceptors (Lipinski definition) is 3. The Hall–Kier alpha value is -2.08. The standard InChI is InChI=1S/C10H6N2O/c11-6-7-4-5-12-8-2-1-3-9(13)10(7)8/h1-5,13H. The number of rotatable bonds is 0. The van der Waals surface area contributed by atoms with E-state index in [2.05, 4.69) is 4.98 Å². The van der Waals surface area contributed by atoms with Gasteiger partial charge >= 0.3 is 0 Å². The van der Waals surface area contributed by atoms with Crippen LogP contribution in [0.1, 0.15) is 5.56 Å². The Bertz CT molecular complexity index is 494. The minimum Gasteiger partial charge on any atom is -0.507 e. The molecule has 62 valence electrons. The number of aromatic nitrogens is 1. The van der Waals surface area contributed by atoms with E-state index in [0.717, 1.165) is 0 Å². The minimum atomic E-state index is 0.0992. The van der Waals surface area contributed by atoms with Gasteiger partial charge < -0.3 is 5.11 Å². The Balaban J connectivity index is 2.97. The molecule has 0 atom stereocenters. The first-order chi connectivity index (χ1) is 6.33. The maximum absolute atomic E-state index is 9.49. The molecule has 0 aliphatic rings. The second-order valence-electron chi connectivity index (χ2n) is 2.64. The van der Waals surface area contributed by atoms with Crippen LogP contribution in [0.2, 0.25) is 0 Å². The van der Waals surface area contributed by atoms with Crippen LogP contribution < -0.4 is 0 Å². The van der Waals surface area contributed by atoms with Gasteiger partial charge in [0.05, 0.1) is 16.5 Å². The van der Waals surface area contributed by atoms with E-state index in [4.69, 9.17) is 5.26 Å². The molecule has 0 aliphatic carbocycles. The zero-order chi connectivity index (χ0) is 9.26. The lowest BCUT2D eigenvalue weighted by molar-refractivity contribution is 0.481. The fourth-order valence-electron chi connectivity index (χ4n) is 1.28. The zero-order valence-corrected chi connectivity index (χ0v) is 6.73. The van der Waals surface area contributed by atoms with Crippen LogP contribution in [0.15, 0.2) is 30.5 Å². The van der Waals surface area contributed by atoms with Crippen LogP contribution >= 0.6 is 0 Å². The van der Waals surface area contributed by atoms with Crippen molar-refractivity contribution in [3.05, 3.63) is 36.0 Å². The molecule has 2 rings (SSSR count). The van der Waals surface area contributed by atoms with Crippen LogP contribution in [0.4, 0.5) is 0 Å². The highest BCUT2D eigenvalue weighted by Crippen LogP contribution is 2.25. The summed E-state index contributed by atoms with van der Waals surface area (Å²) in [6.45, 7) is 0. The predicted octanol–water partition coefficient (Wildman–Crippen LogP) is 1.81. The van der Waals surface area contributed by atoms with Crippen molar-refractivity contribution in [2.45, 2.75) is 0 Å². The number of nitrogens with zero attached hydrogens (tertiary/aromatic N) is 2. The number of hydrogen-bond donors (Lipinski definition) is 1. The number of phenolic OH excluding ortho intramolecular Hbond substituents is 1. The van der Waals surface area contributed by atoms with Crippen molar-refractivity contribution >= 4 is 10.9 Å². The van der Waals surface area contributed by atoms with Crippen LogP contribution in [0, 0.1) is 11.3 Å². The van der Waals surface area contributed by atoms with Crippen LogP contribution in [0.5, 0.6) is 5.75 Å². The molecule has 0 fully saturated rings. The molecule has 0 radical (unpaired) electrons. The van der Waals surface area contributed by atoms with E-state index in [9.17, 15) is 5.11 Å². The Morgan fingerprint density at radius 2 is 2.15 bits per heavy atom. The SMILES string of the molecule is N#Cc1ccnc2cccc(O)c12. The van der Waals surface area contributed by atoms with Crippen LogP contribution in [-0.2, 0) is 0 Å². The maximum atomic E-state index is 9.49. The Kier molecular flexibility index (Phi) is 1.60. The molecule has 1 aromatic carbocycles. The van der Waals surface area contributed by atoms with Gasteiger partial charge in [-0.15, -0.1) is 0 Å². The summed E-state index contributed by atoms with van der Waals surface area (Å²) in [5.41, 5.74) is 1.09. The zero-order valence-electron chi connectivity index (χ0n) is 6.73. The normalized spacial score (nSPS) is 9.77. The third-order valence-electron chi connectivity index (χ3n) is 1.87. The fraction of sp³-hybridized carbons (Fsp3) is 0. The lowest BCUT2D eigenvalue weighted by Gasteiger charge is -2.00. The van der Waals surface area contributed by atoms with Gasteiger partial charge in [0.15, 0.2) is 0 Å². The van der Waals surface area contributed by atoms with E-state index < -0.39 is 0 Å². The van der Waals surface area contributed by atoms with E-state index in [-0.39, 0.29) is 5.75 Å². The van der Waals surface area contributed by atoms with Crippen molar-refractivity contribution in [3.8, 4) is 11.8 Å². The van der Waals surface area contributed by atoms with Gasteiger partial charge in [0.1, 0.15) is 11.8 Å². The van der Waals surface area contributed by atoms with E-state index in [1.165, 1.54) is 0 Å². The lowest BCUT2D eigenvalue weighted by atomic mass is 10.1. The first-order valence-corrected chi connectivity index (χ1v) is 3.80. The highest BCUT2D eigenvalue weighted by molar-refractivity contribution is 5.89. The molecule has 0 saturated heterocycles. The van der Waals surface area contributed by atoms with Gasteiger partial charge in [-0.05, 0) is 18.2 Å². The van der Waals surface area contributed by atoms with E-state index in [1.807, 2.05) is 6.07 Å². The highest BCUT2D eigenvalue weighted by Gasteiger charge is 2.04. The highest BCUT2D eigenvalue weighted by atomic mass is 16.3. The van der Waals surface area contributed by atoms with Crippen molar-refractivity contribution in [1.82, 2.24) is 4.98 Å². The number of pyridine rings is 1. The number of aromatic hydroxyl groups is 1. The molecule has 0 amide bonds. The molecule has 0 bridgehead atoms. The molecule has 3 nitrogen and oxygen atoms in total. The summed E-state index contributed by atoms with van der Waals surface area (Å²) in [7, 11) is 0. The number of nitriles is 1. The Labute approximate surface area is 74.9 Å². The summed E-state index contributed by atoms with van der Waals surface area (Å²) in [4.78, 5) is 4.04. The van der Waals surface area contributed by atoms with Crippen LogP contribution in [0.25, 0.3) is 10.9 Å². The van der Waals surface area contributed by atoms with E-state index in [0.29, 0.717) is 16.5 Å². The average molecular weight is 170 g/mol. The summed E-state index contributed by atoms with van der Waals surface area (Å²) >= 11 is 0. The largest absolute Gasteiger partial charge is 0.507 e. The smallest absolute Gasteiger partial charge is 0.126 e. The van der Waals surface area contributed by atoms with Crippen LogP contribution in [-0.4, -0.2) is 10.1 Å². The van der Waals surface area contributed by atoms with Gasteiger partial charge in [0.25, 0.3) is 0 Å². The predicted molar refractivity (Wildman–Crippen MR) is 48.1 cm³/mol. The molecule has 0 unspecified atom stereocenters.